The Morgan fingerprint density at radius 1 is 1.18 bits per heavy atom. The maximum atomic E-state index is 11.9. The Morgan fingerprint density at radius 3 is 2.55 bits per heavy atom. The maximum Gasteiger partial charge on any atom is 0.147 e. The number of carbonyl (C=O) groups excluding carboxylic acids is 1. The molecule has 0 aromatic heterocycles. The highest BCUT2D eigenvalue weighted by Crippen LogP contribution is 2.37. The van der Waals surface area contributed by atoms with Crippen molar-refractivity contribution in [1.82, 2.24) is 5.06 Å². The molecule has 0 amide bonds. The van der Waals surface area contributed by atoms with E-state index in [1.165, 1.54) is 0 Å². The lowest BCUT2D eigenvalue weighted by Crippen LogP contribution is -2.41. The standard InChI is InChI=1S/C18H19NO3/c1-21-17-9-7-16(8-10-17)18(14-20)11-12-22-19(18)13-15-5-3-2-4-6-15/h2-10,14H,11-13H2,1H3/t18-/m0/s1. The van der Waals surface area contributed by atoms with Crippen molar-refractivity contribution in [2.24, 2.45) is 0 Å². The van der Waals surface area contributed by atoms with E-state index in [9.17, 15) is 4.79 Å². The minimum absolute atomic E-state index is 0.539. The molecular weight excluding hydrogens is 278 g/mol. The van der Waals surface area contributed by atoms with Crippen molar-refractivity contribution in [1.29, 1.82) is 0 Å². The molecule has 1 heterocycles. The topological polar surface area (TPSA) is 38.8 Å². The van der Waals surface area contributed by atoms with Crippen molar-refractivity contribution in [3.8, 4) is 5.75 Å². The van der Waals surface area contributed by atoms with E-state index in [4.69, 9.17) is 9.57 Å². The molecule has 1 fully saturated rings. The highest BCUT2D eigenvalue weighted by Gasteiger charge is 2.44. The van der Waals surface area contributed by atoms with Crippen molar-refractivity contribution in [2.45, 2.75) is 18.5 Å². The fourth-order valence-electron chi connectivity index (χ4n) is 2.84. The first-order chi connectivity index (χ1) is 10.8. The average molecular weight is 297 g/mol. The van der Waals surface area contributed by atoms with Gasteiger partial charge in [0, 0.05) is 6.42 Å². The molecule has 22 heavy (non-hydrogen) atoms. The van der Waals surface area contributed by atoms with Crippen LogP contribution in [0.2, 0.25) is 0 Å². The van der Waals surface area contributed by atoms with E-state index >= 15 is 0 Å². The molecule has 1 aliphatic heterocycles. The van der Waals surface area contributed by atoms with E-state index < -0.39 is 5.54 Å². The molecule has 0 N–H and O–H groups in total. The van der Waals surface area contributed by atoms with Gasteiger partial charge in [-0.05, 0) is 23.3 Å². The Bertz CT molecular complexity index is 627. The van der Waals surface area contributed by atoms with E-state index in [1.807, 2.05) is 54.6 Å². The molecule has 0 radical (unpaired) electrons. The first-order valence-electron chi connectivity index (χ1n) is 7.34. The molecule has 0 spiro atoms. The molecule has 2 aromatic carbocycles. The summed E-state index contributed by atoms with van der Waals surface area (Å²) in [6.45, 7) is 1.11. The van der Waals surface area contributed by atoms with Crippen LogP contribution < -0.4 is 4.74 Å². The molecule has 1 atom stereocenters. The Labute approximate surface area is 130 Å². The molecule has 114 valence electrons. The fraction of sp³-hybridized carbons (Fsp3) is 0.278. The number of benzene rings is 2. The van der Waals surface area contributed by atoms with E-state index in [-0.39, 0.29) is 0 Å². The minimum Gasteiger partial charge on any atom is -0.497 e. The van der Waals surface area contributed by atoms with Crippen molar-refractivity contribution < 1.29 is 14.4 Å². The van der Waals surface area contributed by atoms with Gasteiger partial charge in [-0.2, -0.15) is 5.06 Å². The monoisotopic (exact) mass is 297 g/mol. The first kappa shape index (κ1) is 14.8. The van der Waals surface area contributed by atoms with Gasteiger partial charge >= 0.3 is 0 Å². The summed E-state index contributed by atoms with van der Waals surface area (Å²) in [6.07, 6.45) is 1.64. The lowest BCUT2D eigenvalue weighted by molar-refractivity contribution is -0.175. The summed E-state index contributed by atoms with van der Waals surface area (Å²) >= 11 is 0. The third-order valence-electron chi connectivity index (χ3n) is 4.13. The first-order valence-corrected chi connectivity index (χ1v) is 7.34. The molecule has 1 saturated heterocycles. The van der Waals surface area contributed by atoms with Gasteiger partial charge in [0.2, 0.25) is 0 Å². The summed E-state index contributed by atoms with van der Waals surface area (Å²) < 4.78 is 5.19. The van der Waals surface area contributed by atoms with E-state index in [2.05, 4.69) is 0 Å². The van der Waals surface area contributed by atoms with Crippen LogP contribution in [0, 0.1) is 0 Å². The lowest BCUT2D eigenvalue weighted by Gasteiger charge is -2.32. The fourth-order valence-corrected chi connectivity index (χ4v) is 2.84. The summed E-state index contributed by atoms with van der Waals surface area (Å²) in [7, 11) is 1.63. The molecule has 0 aliphatic carbocycles. The summed E-state index contributed by atoms with van der Waals surface area (Å²) in [5.74, 6) is 0.776. The SMILES string of the molecule is COc1ccc([C@@]2(C=O)CCON2Cc2ccccc2)cc1. The Balaban J connectivity index is 1.90. The summed E-state index contributed by atoms with van der Waals surface area (Å²) in [6, 6.07) is 17.6. The number of ether oxygens (including phenoxy) is 1. The molecule has 2 aromatic rings. The quantitative estimate of drug-likeness (QED) is 0.795. The van der Waals surface area contributed by atoms with E-state index in [0.717, 1.165) is 23.2 Å². The largest absolute Gasteiger partial charge is 0.497 e. The van der Waals surface area contributed by atoms with Crippen LogP contribution >= 0.6 is 0 Å². The zero-order valence-electron chi connectivity index (χ0n) is 12.6. The minimum atomic E-state index is -0.734. The van der Waals surface area contributed by atoms with Gasteiger partial charge in [-0.25, -0.2) is 0 Å². The van der Waals surface area contributed by atoms with Crippen LogP contribution in [-0.4, -0.2) is 25.1 Å². The summed E-state index contributed by atoms with van der Waals surface area (Å²) in [5.41, 5.74) is 1.31. The van der Waals surface area contributed by atoms with Gasteiger partial charge in [-0.15, -0.1) is 0 Å². The number of carbonyl (C=O) groups is 1. The highest BCUT2D eigenvalue weighted by molar-refractivity contribution is 5.68. The van der Waals surface area contributed by atoms with Crippen LogP contribution in [0.4, 0.5) is 0 Å². The van der Waals surface area contributed by atoms with Crippen molar-refractivity contribution >= 4 is 6.29 Å². The normalized spacial score (nSPS) is 21.7. The second kappa shape index (κ2) is 6.30. The zero-order valence-corrected chi connectivity index (χ0v) is 12.6. The van der Waals surface area contributed by atoms with Crippen LogP contribution in [0.1, 0.15) is 17.5 Å². The van der Waals surface area contributed by atoms with Gasteiger partial charge in [0.25, 0.3) is 0 Å². The molecule has 0 unspecified atom stereocenters. The summed E-state index contributed by atoms with van der Waals surface area (Å²) in [4.78, 5) is 17.7. The van der Waals surface area contributed by atoms with E-state index in [1.54, 1.807) is 12.2 Å². The number of rotatable bonds is 5. The van der Waals surface area contributed by atoms with Crippen molar-refractivity contribution in [3.63, 3.8) is 0 Å². The van der Waals surface area contributed by atoms with Crippen LogP contribution in [0.25, 0.3) is 0 Å². The number of hydroxylamine groups is 2. The highest BCUT2D eigenvalue weighted by atomic mass is 16.7. The van der Waals surface area contributed by atoms with Gasteiger partial charge in [-0.3, -0.25) is 4.84 Å². The molecular formula is C18H19NO3. The van der Waals surface area contributed by atoms with Crippen LogP contribution in [0.3, 0.4) is 0 Å². The van der Waals surface area contributed by atoms with E-state index in [0.29, 0.717) is 19.6 Å². The zero-order chi connectivity index (χ0) is 15.4. The Morgan fingerprint density at radius 2 is 1.91 bits per heavy atom. The predicted molar refractivity (Wildman–Crippen MR) is 83.3 cm³/mol. The lowest BCUT2D eigenvalue weighted by atomic mass is 9.88. The second-order valence-electron chi connectivity index (χ2n) is 5.38. The number of hydrogen-bond donors (Lipinski definition) is 0. The molecule has 3 rings (SSSR count). The van der Waals surface area contributed by atoms with Crippen molar-refractivity contribution in [2.75, 3.05) is 13.7 Å². The average Bonchev–Trinajstić information content (AvgIpc) is 2.99. The van der Waals surface area contributed by atoms with Gasteiger partial charge in [0.1, 0.15) is 17.6 Å². The van der Waals surface area contributed by atoms with Gasteiger partial charge in [0.15, 0.2) is 0 Å². The van der Waals surface area contributed by atoms with Gasteiger partial charge in [-0.1, -0.05) is 42.5 Å². The Hall–Kier alpha value is -2.17. The number of methoxy groups -OCH3 is 1. The molecule has 4 heteroatoms. The van der Waals surface area contributed by atoms with Gasteiger partial charge in [0.05, 0.1) is 20.3 Å². The van der Waals surface area contributed by atoms with Crippen LogP contribution in [0.15, 0.2) is 54.6 Å². The molecule has 4 nitrogen and oxygen atoms in total. The smallest absolute Gasteiger partial charge is 0.147 e. The van der Waals surface area contributed by atoms with Crippen molar-refractivity contribution in [3.05, 3.63) is 65.7 Å². The third kappa shape index (κ3) is 2.63. The Kier molecular flexibility index (Phi) is 4.22. The third-order valence-corrected chi connectivity index (χ3v) is 4.13. The van der Waals surface area contributed by atoms with Crippen LogP contribution in [-0.2, 0) is 21.7 Å². The number of hydrogen-bond acceptors (Lipinski definition) is 4. The van der Waals surface area contributed by atoms with Crippen LogP contribution in [0.5, 0.6) is 5.75 Å². The predicted octanol–water partition coefficient (Wildman–Crippen LogP) is 2.93. The second-order valence-corrected chi connectivity index (χ2v) is 5.38. The molecule has 0 bridgehead atoms. The number of aldehydes is 1. The maximum absolute atomic E-state index is 11.9. The molecule has 1 aliphatic rings. The number of nitrogens with zero attached hydrogens (tertiary/aromatic N) is 1. The molecule has 0 saturated carbocycles. The van der Waals surface area contributed by atoms with Gasteiger partial charge < -0.3 is 9.53 Å². The summed E-state index contributed by atoms with van der Waals surface area (Å²) in [5, 5.41) is 1.79.